The minimum Gasteiger partial charge on any atom is -0.550 e. The van der Waals surface area contributed by atoms with E-state index in [2.05, 4.69) is 0 Å². The Morgan fingerprint density at radius 3 is 2.36 bits per heavy atom. The van der Waals surface area contributed by atoms with Gasteiger partial charge in [-0.2, -0.15) is 0 Å². The van der Waals surface area contributed by atoms with E-state index in [1.165, 1.54) is 6.92 Å². The monoisotopic (exact) mass is 170 g/mol. The maximum Gasteiger partial charge on any atom is 1.00 e. The molecule has 4 nitrogen and oxygen atoms in total. The molecule has 5 heteroatoms. The van der Waals surface area contributed by atoms with Gasteiger partial charge in [0, 0.05) is 19.0 Å². The Morgan fingerprint density at radius 2 is 2.09 bits per heavy atom. The largest absolute Gasteiger partial charge is 1.00 e. The van der Waals surface area contributed by atoms with E-state index in [1.54, 1.807) is 0 Å². The van der Waals surface area contributed by atoms with E-state index in [4.69, 9.17) is 10.2 Å². The molecule has 0 saturated heterocycles. The van der Waals surface area contributed by atoms with E-state index in [9.17, 15) is 9.90 Å². The minimum atomic E-state index is -1.34. The maximum absolute atomic E-state index is 9.94. The Labute approximate surface area is 87.5 Å². The molecule has 0 radical (unpaired) electrons. The average molecular weight is 170 g/mol. The van der Waals surface area contributed by atoms with Crippen molar-refractivity contribution in [2.75, 3.05) is 6.61 Å². The number of carboxylic acid groups (broad SMARTS) is 1. The Hall–Kier alpha value is 0.390. The number of aliphatic hydroxyl groups is 2. The maximum atomic E-state index is 9.94. The Kier molecular flexibility index (Phi) is 7.57. The average Bonchev–Trinajstić information content (AvgIpc) is 1.59. The van der Waals surface area contributed by atoms with Crippen LogP contribution in [-0.4, -0.2) is 28.4 Å². The third-order valence-corrected chi connectivity index (χ3v) is 1.18. The van der Waals surface area contributed by atoms with Crippen molar-refractivity contribution < 1.29 is 49.7 Å². The summed E-state index contributed by atoms with van der Waals surface area (Å²) in [5.41, 5.74) is -1.34. The van der Waals surface area contributed by atoms with Crippen molar-refractivity contribution in [3.63, 3.8) is 0 Å². The van der Waals surface area contributed by atoms with Crippen LogP contribution in [0.4, 0.5) is 0 Å². The van der Waals surface area contributed by atoms with E-state index < -0.39 is 18.0 Å². The zero-order chi connectivity index (χ0) is 8.20. The van der Waals surface area contributed by atoms with Crippen LogP contribution >= 0.6 is 0 Å². The molecule has 1 atom stereocenters. The third-order valence-electron chi connectivity index (χ3n) is 1.18. The van der Waals surface area contributed by atoms with Crippen LogP contribution in [0.5, 0.6) is 0 Å². The van der Waals surface area contributed by atoms with Crippen molar-refractivity contribution >= 4 is 5.97 Å². The fourth-order valence-electron chi connectivity index (χ4n) is 0.640. The molecule has 0 aliphatic rings. The van der Waals surface area contributed by atoms with E-state index >= 15 is 0 Å². The minimum absolute atomic E-state index is 0. The molecule has 0 spiro atoms. The van der Waals surface area contributed by atoms with E-state index in [0.717, 1.165) is 0 Å². The molecule has 0 amide bonds. The molecular formula is C6H11NaO4. The number of carbonyl (C=O) groups excluding carboxylic acids is 1. The van der Waals surface area contributed by atoms with Crippen LogP contribution in [0.1, 0.15) is 19.8 Å². The van der Waals surface area contributed by atoms with Gasteiger partial charge in [0.15, 0.2) is 0 Å². The summed E-state index contributed by atoms with van der Waals surface area (Å²) < 4.78 is 0. The first kappa shape index (κ1) is 13.9. The Morgan fingerprint density at radius 1 is 1.64 bits per heavy atom. The SMILES string of the molecule is CC(O)(CCO)CC(=O)[O-].[Na+]. The molecule has 1 unspecified atom stereocenters. The molecular weight excluding hydrogens is 159 g/mol. The smallest absolute Gasteiger partial charge is 0.550 e. The summed E-state index contributed by atoms with van der Waals surface area (Å²) in [6.07, 6.45) is -0.380. The molecule has 0 aromatic heterocycles. The molecule has 11 heavy (non-hydrogen) atoms. The summed E-state index contributed by atoms with van der Waals surface area (Å²) in [5, 5.41) is 27.4. The molecule has 0 aromatic carbocycles. The first-order valence-corrected chi connectivity index (χ1v) is 3.01. The zero-order valence-corrected chi connectivity index (χ0v) is 8.83. The van der Waals surface area contributed by atoms with Crippen LogP contribution in [0.25, 0.3) is 0 Å². The Bertz CT molecular complexity index is 124. The fourth-order valence-corrected chi connectivity index (χ4v) is 0.640. The molecule has 0 aliphatic carbocycles. The van der Waals surface area contributed by atoms with Crippen molar-refractivity contribution in [1.82, 2.24) is 0 Å². The first-order chi connectivity index (χ1) is 4.48. The van der Waals surface area contributed by atoms with Crippen LogP contribution in [-0.2, 0) is 4.79 Å². The quantitative estimate of drug-likeness (QED) is 0.415. The summed E-state index contributed by atoms with van der Waals surface area (Å²) in [6.45, 7) is 1.12. The van der Waals surface area contributed by atoms with Gasteiger partial charge in [-0.05, 0) is 13.3 Å². The van der Waals surface area contributed by atoms with Crippen LogP contribution in [0.2, 0.25) is 0 Å². The van der Waals surface area contributed by atoms with Gasteiger partial charge in [-0.15, -0.1) is 0 Å². The fraction of sp³-hybridized carbons (Fsp3) is 0.833. The molecule has 2 N–H and O–H groups in total. The number of carboxylic acids is 1. The Balaban J connectivity index is 0. The number of rotatable bonds is 4. The van der Waals surface area contributed by atoms with Crippen molar-refractivity contribution in [2.45, 2.75) is 25.4 Å². The molecule has 0 saturated carbocycles. The normalized spacial score (nSPS) is 14.8. The molecule has 0 fully saturated rings. The molecule has 0 aromatic rings. The first-order valence-electron chi connectivity index (χ1n) is 3.01. The van der Waals surface area contributed by atoms with Gasteiger partial charge in [0.05, 0.1) is 5.60 Å². The van der Waals surface area contributed by atoms with Crippen molar-refractivity contribution in [3.05, 3.63) is 0 Å². The van der Waals surface area contributed by atoms with Gasteiger partial charge in [-0.3, -0.25) is 0 Å². The summed E-state index contributed by atoms with van der Waals surface area (Å²) in [4.78, 5) is 9.94. The van der Waals surface area contributed by atoms with E-state index in [0.29, 0.717) is 0 Å². The second-order valence-corrected chi connectivity index (χ2v) is 2.52. The summed E-state index contributed by atoms with van der Waals surface area (Å²) in [7, 11) is 0. The summed E-state index contributed by atoms with van der Waals surface area (Å²) in [6, 6.07) is 0. The van der Waals surface area contributed by atoms with Crippen LogP contribution < -0.4 is 34.7 Å². The molecule has 60 valence electrons. The number of hydrogen-bond acceptors (Lipinski definition) is 4. The van der Waals surface area contributed by atoms with E-state index in [-0.39, 0.29) is 42.6 Å². The predicted octanol–water partition coefficient (Wildman–Crippen LogP) is -4.74. The third kappa shape index (κ3) is 8.29. The molecule has 0 aliphatic heterocycles. The molecule has 0 rings (SSSR count). The molecule has 0 heterocycles. The summed E-state index contributed by atoms with van der Waals surface area (Å²) in [5.74, 6) is -1.31. The second-order valence-electron chi connectivity index (χ2n) is 2.52. The van der Waals surface area contributed by atoms with Gasteiger partial charge >= 0.3 is 29.6 Å². The number of aliphatic carboxylic acids is 1. The van der Waals surface area contributed by atoms with Gasteiger partial charge in [-0.1, -0.05) is 0 Å². The van der Waals surface area contributed by atoms with Crippen LogP contribution in [0, 0.1) is 0 Å². The number of aliphatic hydroxyl groups excluding tert-OH is 1. The second kappa shape index (κ2) is 5.97. The van der Waals surface area contributed by atoms with Gasteiger partial charge < -0.3 is 20.1 Å². The van der Waals surface area contributed by atoms with Gasteiger partial charge in [0.2, 0.25) is 0 Å². The standard InChI is InChI=1S/C6H12O4.Na/c1-6(10,2-3-7)4-5(8)9;/h7,10H,2-4H2,1H3,(H,8,9);/q;+1/p-1. The van der Waals surface area contributed by atoms with Crippen LogP contribution in [0.3, 0.4) is 0 Å². The van der Waals surface area contributed by atoms with Crippen LogP contribution in [0.15, 0.2) is 0 Å². The van der Waals surface area contributed by atoms with Gasteiger partial charge in [0.25, 0.3) is 0 Å². The van der Waals surface area contributed by atoms with Crippen molar-refractivity contribution in [2.24, 2.45) is 0 Å². The zero-order valence-electron chi connectivity index (χ0n) is 6.83. The topological polar surface area (TPSA) is 80.6 Å². The predicted molar refractivity (Wildman–Crippen MR) is 32.0 cm³/mol. The number of carbonyl (C=O) groups is 1. The van der Waals surface area contributed by atoms with E-state index in [1.807, 2.05) is 0 Å². The van der Waals surface area contributed by atoms with Crippen molar-refractivity contribution in [3.8, 4) is 0 Å². The van der Waals surface area contributed by atoms with Crippen molar-refractivity contribution in [1.29, 1.82) is 0 Å². The summed E-state index contributed by atoms with van der Waals surface area (Å²) >= 11 is 0. The van der Waals surface area contributed by atoms with Gasteiger partial charge in [-0.25, -0.2) is 0 Å². The molecule has 0 bridgehead atoms. The van der Waals surface area contributed by atoms with Gasteiger partial charge in [0.1, 0.15) is 0 Å². The number of hydrogen-bond donors (Lipinski definition) is 2.